The van der Waals surface area contributed by atoms with E-state index in [1.54, 1.807) is 18.2 Å². The van der Waals surface area contributed by atoms with E-state index in [2.05, 4.69) is 15.9 Å². The van der Waals surface area contributed by atoms with Gasteiger partial charge in [0.05, 0.1) is 11.1 Å². The van der Waals surface area contributed by atoms with E-state index in [0.29, 0.717) is 22.5 Å². The molecule has 1 heterocycles. The highest BCUT2D eigenvalue weighted by molar-refractivity contribution is 9.10. The molecule has 0 bridgehead atoms. The van der Waals surface area contributed by atoms with Crippen molar-refractivity contribution < 1.29 is 18.6 Å². The van der Waals surface area contributed by atoms with E-state index in [-0.39, 0.29) is 19.2 Å². The highest BCUT2D eigenvalue weighted by Gasteiger charge is 2.16. The number of anilines is 1. The van der Waals surface area contributed by atoms with Gasteiger partial charge in [-0.25, -0.2) is 4.39 Å². The molecule has 0 amide bonds. The van der Waals surface area contributed by atoms with E-state index in [1.807, 2.05) is 6.07 Å². The predicted octanol–water partition coefficient (Wildman–Crippen LogP) is 3.62. The van der Waals surface area contributed by atoms with Crippen LogP contribution in [0.1, 0.15) is 11.1 Å². The van der Waals surface area contributed by atoms with Crippen molar-refractivity contribution in [1.29, 1.82) is 0 Å². The smallest absolute Gasteiger partial charge is 0.189 e. The number of rotatable bonds is 3. The van der Waals surface area contributed by atoms with Crippen molar-refractivity contribution in [2.24, 2.45) is 0 Å². The first-order chi connectivity index (χ1) is 10.1. The number of halogens is 2. The molecule has 0 aliphatic carbocycles. The Labute approximate surface area is 129 Å². The van der Waals surface area contributed by atoms with Gasteiger partial charge in [-0.1, -0.05) is 0 Å². The molecule has 2 N–H and O–H groups in total. The fourth-order valence-electron chi connectivity index (χ4n) is 2.16. The van der Waals surface area contributed by atoms with Crippen molar-refractivity contribution in [3.8, 4) is 11.5 Å². The summed E-state index contributed by atoms with van der Waals surface area (Å²) < 4.78 is 30.2. The SMILES string of the molecule is Nc1cc2c(c(COc3ccc(Br)c(F)c3)c1)OCOC2. The van der Waals surface area contributed by atoms with Gasteiger partial charge in [0.15, 0.2) is 6.79 Å². The number of fused-ring (bicyclic) bond motifs is 1. The maximum absolute atomic E-state index is 13.5. The van der Waals surface area contributed by atoms with Crippen LogP contribution in [0.5, 0.6) is 11.5 Å². The molecule has 2 aromatic rings. The molecule has 0 saturated heterocycles. The van der Waals surface area contributed by atoms with Crippen LogP contribution in [0.15, 0.2) is 34.8 Å². The first kappa shape index (κ1) is 14.2. The highest BCUT2D eigenvalue weighted by Crippen LogP contribution is 2.32. The van der Waals surface area contributed by atoms with E-state index in [4.69, 9.17) is 19.9 Å². The van der Waals surface area contributed by atoms with E-state index in [1.165, 1.54) is 6.07 Å². The molecule has 0 unspecified atom stereocenters. The van der Waals surface area contributed by atoms with Crippen LogP contribution in [0, 0.1) is 5.82 Å². The maximum atomic E-state index is 13.5. The molecular weight excluding hydrogens is 341 g/mol. The molecule has 6 heteroatoms. The standard InChI is InChI=1S/C15H13BrFNO3/c16-13-2-1-12(5-14(13)17)20-7-10-4-11(18)3-9-6-19-8-21-15(9)10/h1-5H,6-8,18H2. The number of hydrogen-bond acceptors (Lipinski definition) is 4. The molecule has 1 aliphatic heterocycles. The predicted molar refractivity (Wildman–Crippen MR) is 79.6 cm³/mol. The summed E-state index contributed by atoms with van der Waals surface area (Å²) in [7, 11) is 0. The van der Waals surface area contributed by atoms with Crippen LogP contribution in [0.3, 0.4) is 0 Å². The monoisotopic (exact) mass is 353 g/mol. The Morgan fingerprint density at radius 1 is 1.29 bits per heavy atom. The van der Waals surface area contributed by atoms with Crippen molar-refractivity contribution in [1.82, 2.24) is 0 Å². The molecular formula is C15H13BrFNO3. The van der Waals surface area contributed by atoms with Gasteiger partial charge in [-0.3, -0.25) is 0 Å². The largest absolute Gasteiger partial charge is 0.489 e. The van der Waals surface area contributed by atoms with Crippen LogP contribution in [-0.2, 0) is 18.0 Å². The highest BCUT2D eigenvalue weighted by atomic mass is 79.9. The Morgan fingerprint density at radius 3 is 2.95 bits per heavy atom. The molecule has 1 aliphatic rings. The summed E-state index contributed by atoms with van der Waals surface area (Å²) in [6.07, 6.45) is 0. The van der Waals surface area contributed by atoms with Crippen LogP contribution >= 0.6 is 15.9 Å². The molecule has 0 spiro atoms. The summed E-state index contributed by atoms with van der Waals surface area (Å²) in [6.45, 7) is 0.908. The molecule has 3 rings (SSSR count). The second-order valence-corrected chi connectivity index (χ2v) is 5.50. The number of ether oxygens (including phenoxy) is 3. The van der Waals surface area contributed by atoms with Crippen LogP contribution in [0.4, 0.5) is 10.1 Å². The summed E-state index contributed by atoms with van der Waals surface area (Å²) >= 11 is 3.10. The molecule has 4 nitrogen and oxygen atoms in total. The molecule has 0 saturated carbocycles. The molecule has 0 fully saturated rings. The quantitative estimate of drug-likeness (QED) is 0.856. The Balaban J connectivity index is 1.81. The Morgan fingerprint density at radius 2 is 2.14 bits per heavy atom. The Kier molecular flexibility index (Phi) is 3.98. The van der Waals surface area contributed by atoms with Gasteiger partial charge in [0.1, 0.15) is 23.9 Å². The maximum Gasteiger partial charge on any atom is 0.189 e. The van der Waals surface area contributed by atoms with Gasteiger partial charge in [0.25, 0.3) is 0 Å². The molecule has 0 radical (unpaired) electrons. The van der Waals surface area contributed by atoms with E-state index < -0.39 is 0 Å². The van der Waals surface area contributed by atoms with Gasteiger partial charge in [-0.05, 0) is 40.2 Å². The van der Waals surface area contributed by atoms with Gasteiger partial charge in [-0.15, -0.1) is 0 Å². The third kappa shape index (κ3) is 3.11. The minimum absolute atomic E-state index is 0.205. The zero-order chi connectivity index (χ0) is 14.8. The zero-order valence-corrected chi connectivity index (χ0v) is 12.7. The lowest BCUT2D eigenvalue weighted by molar-refractivity contribution is -0.0175. The summed E-state index contributed by atoms with van der Waals surface area (Å²) in [6, 6.07) is 8.23. The molecule has 0 aromatic heterocycles. The fourth-order valence-corrected chi connectivity index (χ4v) is 2.41. The first-order valence-electron chi connectivity index (χ1n) is 6.33. The summed E-state index contributed by atoms with van der Waals surface area (Å²) in [4.78, 5) is 0. The first-order valence-corrected chi connectivity index (χ1v) is 7.12. The van der Waals surface area contributed by atoms with Gasteiger partial charge in [0, 0.05) is 22.9 Å². The molecule has 110 valence electrons. The van der Waals surface area contributed by atoms with Crippen LogP contribution < -0.4 is 15.2 Å². The van der Waals surface area contributed by atoms with Crippen molar-refractivity contribution in [3.63, 3.8) is 0 Å². The van der Waals surface area contributed by atoms with Gasteiger partial charge in [0.2, 0.25) is 0 Å². The zero-order valence-electron chi connectivity index (χ0n) is 11.1. The van der Waals surface area contributed by atoms with Crippen LogP contribution in [0.2, 0.25) is 0 Å². The molecule has 21 heavy (non-hydrogen) atoms. The average molecular weight is 354 g/mol. The summed E-state index contributed by atoms with van der Waals surface area (Å²) in [5.41, 5.74) is 8.18. The third-order valence-corrected chi connectivity index (χ3v) is 3.74. The minimum atomic E-state index is -0.369. The van der Waals surface area contributed by atoms with Crippen molar-refractivity contribution in [2.45, 2.75) is 13.2 Å². The average Bonchev–Trinajstić information content (AvgIpc) is 2.48. The topological polar surface area (TPSA) is 53.7 Å². The Hall–Kier alpha value is -1.79. The van der Waals surface area contributed by atoms with Crippen LogP contribution in [0.25, 0.3) is 0 Å². The summed E-state index contributed by atoms with van der Waals surface area (Å²) in [5.74, 6) is 0.804. The van der Waals surface area contributed by atoms with Crippen molar-refractivity contribution in [3.05, 3.63) is 51.7 Å². The summed E-state index contributed by atoms with van der Waals surface area (Å²) in [5, 5.41) is 0. The van der Waals surface area contributed by atoms with Gasteiger partial charge >= 0.3 is 0 Å². The third-order valence-electron chi connectivity index (χ3n) is 3.09. The Bertz CT molecular complexity index is 678. The van der Waals surface area contributed by atoms with Crippen LogP contribution in [-0.4, -0.2) is 6.79 Å². The van der Waals surface area contributed by atoms with Crippen molar-refractivity contribution in [2.75, 3.05) is 12.5 Å². The van der Waals surface area contributed by atoms with E-state index in [9.17, 15) is 4.39 Å². The number of nitrogen functional groups attached to an aromatic ring is 1. The number of benzene rings is 2. The van der Waals surface area contributed by atoms with Crippen molar-refractivity contribution >= 4 is 21.6 Å². The lowest BCUT2D eigenvalue weighted by Gasteiger charge is -2.21. The van der Waals surface area contributed by atoms with E-state index >= 15 is 0 Å². The minimum Gasteiger partial charge on any atom is -0.489 e. The normalized spacial score (nSPS) is 13.4. The molecule has 2 aromatic carbocycles. The van der Waals surface area contributed by atoms with Gasteiger partial charge in [-0.2, -0.15) is 0 Å². The second-order valence-electron chi connectivity index (χ2n) is 4.64. The second kappa shape index (κ2) is 5.91. The van der Waals surface area contributed by atoms with Gasteiger partial charge < -0.3 is 19.9 Å². The van der Waals surface area contributed by atoms with E-state index in [0.717, 1.165) is 16.9 Å². The lowest BCUT2D eigenvalue weighted by Crippen LogP contribution is -2.14. The number of hydrogen-bond donors (Lipinski definition) is 1. The molecule has 0 atom stereocenters. The fraction of sp³-hybridized carbons (Fsp3) is 0.200. The lowest BCUT2D eigenvalue weighted by atomic mass is 10.1. The number of nitrogens with two attached hydrogens (primary N) is 1.